The summed E-state index contributed by atoms with van der Waals surface area (Å²) in [6, 6.07) is 2.62. The van der Waals surface area contributed by atoms with Crippen LogP contribution in [0.3, 0.4) is 0 Å². The number of rotatable bonds is 5. The topological polar surface area (TPSA) is 89.2 Å². The molecule has 1 aromatic rings. The summed E-state index contributed by atoms with van der Waals surface area (Å²) in [5, 5.41) is 23.1. The lowest BCUT2D eigenvalue weighted by Gasteiger charge is -2.21. The van der Waals surface area contributed by atoms with Crippen molar-refractivity contribution in [3.05, 3.63) is 45.1 Å². The fraction of sp³-hybridized carbons (Fsp3) is 0.500. The first-order valence-corrected chi connectivity index (χ1v) is 5.61. The second-order valence-electron chi connectivity index (χ2n) is 4.21. The van der Waals surface area contributed by atoms with Crippen LogP contribution in [0.4, 0.5) is 4.39 Å². The van der Waals surface area contributed by atoms with E-state index in [2.05, 4.69) is 10.0 Å². The molecular formula is C12H16FN3O2. The van der Waals surface area contributed by atoms with Crippen LogP contribution in [0.5, 0.6) is 0 Å². The number of aliphatic hydroxyl groups is 2. The monoisotopic (exact) mass is 253 g/mol. The Bertz CT molecular complexity index is 449. The fourth-order valence-corrected chi connectivity index (χ4v) is 1.97. The van der Waals surface area contributed by atoms with Gasteiger partial charge in [0.25, 0.3) is 0 Å². The standard InChI is InChI=1S/C12H16FN3O2/c1-7-5-9(13)6-8(2)11(7)12(18)10(17)3-4-15-16-14/h5-6,10,12,17-18H,3-4H2,1-2H3. The summed E-state index contributed by atoms with van der Waals surface area (Å²) in [4.78, 5) is 2.57. The second kappa shape index (κ2) is 6.35. The van der Waals surface area contributed by atoms with Crippen LogP contribution in [-0.2, 0) is 0 Å². The third-order valence-electron chi connectivity index (χ3n) is 2.81. The summed E-state index contributed by atoms with van der Waals surface area (Å²) in [7, 11) is 0. The van der Waals surface area contributed by atoms with Crippen LogP contribution in [0.15, 0.2) is 17.2 Å². The van der Waals surface area contributed by atoms with Gasteiger partial charge < -0.3 is 10.2 Å². The largest absolute Gasteiger partial charge is 0.390 e. The molecule has 6 heteroatoms. The summed E-state index contributed by atoms with van der Waals surface area (Å²) in [5.41, 5.74) is 9.82. The molecule has 0 saturated carbocycles. The minimum absolute atomic E-state index is 0.105. The molecule has 0 amide bonds. The van der Waals surface area contributed by atoms with Crippen molar-refractivity contribution in [2.45, 2.75) is 32.5 Å². The maximum absolute atomic E-state index is 13.1. The molecule has 2 N–H and O–H groups in total. The van der Waals surface area contributed by atoms with Gasteiger partial charge in [0.15, 0.2) is 0 Å². The fourth-order valence-electron chi connectivity index (χ4n) is 1.97. The summed E-state index contributed by atoms with van der Waals surface area (Å²) < 4.78 is 13.1. The zero-order valence-corrected chi connectivity index (χ0v) is 10.3. The zero-order chi connectivity index (χ0) is 13.7. The van der Waals surface area contributed by atoms with E-state index in [9.17, 15) is 14.6 Å². The van der Waals surface area contributed by atoms with Gasteiger partial charge in [0, 0.05) is 11.5 Å². The highest BCUT2D eigenvalue weighted by molar-refractivity contribution is 5.36. The van der Waals surface area contributed by atoms with E-state index in [1.807, 2.05) is 0 Å². The van der Waals surface area contributed by atoms with Gasteiger partial charge in [0.1, 0.15) is 11.9 Å². The normalized spacial score (nSPS) is 13.8. The predicted molar refractivity (Wildman–Crippen MR) is 65.5 cm³/mol. The van der Waals surface area contributed by atoms with Crippen molar-refractivity contribution in [1.29, 1.82) is 0 Å². The number of halogens is 1. The lowest BCUT2D eigenvalue weighted by atomic mass is 9.93. The highest BCUT2D eigenvalue weighted by Crippen LogP contribution is 2.26. The van der Waals surface area contributed by atoms with E-state index in [0.29, 0.717) is 16.7 Å². The molecule has 1 rings (SSSR count). The molecule has 0 heterocycles. The highest BCUT2D eigenvalue weighted by Gasteiger charge is 2.21. The molecule has 0 aromatic heterocycles. The Balaban J connectivity index is 2.89. The molecule has 0 bridgehead atoms. The lowest BCUT2D eigenvalue weighted by Crippen LogP contribution is -2.21. The van der Waals surface area contributed by atoms with Gasteiger partial charge >= 0.3 is 0 Å². The van der Waals surface area contributed by atoms with Crippen molar-refractivity contribution in [3.63, 3.8) is 0 Å². The maximum Gasteiger partial charge on any atom is 0.123 e. The number of aryl methyl sites for hydroxylation is 2. The summed E-state index contributed by atoms with van der Waals surface area (Å²) in [6.45, 7) is 3.46. The van der Waals surface area contributed by atoms with Gasteiger partial charge in [-0.3, -0.25) is 0 Å². The Kier molecular flexibility index (Phi) is 5.09. The molecule has 5 nitrogen and oxygen atoms in total. The van der Waals surface area contributed by atoms with Crippen molar-refractivity contribution in [2.75, 3.05) is 6.54 Å². The molecule has 0 aliphatic heterocycles. The minimum atomic E-state index is -1.11. The van der Waals surface area contributed by atoms with Crippen molar-refractivity contribution in [1.82, 2.24) is 0 Å². The maximum atomic E-state index is 13.1. The molecule has 0 aliphatic carbocycles. The molecule has 1 aromatic carbocycles. The first-order chi connectivity index (χ1) is 8.47. The van der Waals surface area contributed by atoms with Crippen molar-refractivity contribution < 1.29 is 14.6 Å². The van der Waals surface area contributed by atoms with E-state index < -0.39 is 12.2 Å². The lowest BCUT2D eigenvalue weighted by molar-refractivity contribution is 0.0142. The smallest absolute Gasteiger partial charge is 0.123 e. The number of aliphatic hydroxyl groups excluding tert-OH is 2. The summed E-state index contributed by atoms with van der Waals surface area (Å²) >= 11 is 0. The van der Waals surface area contributed by atoms with Gasteiger partial charge in [-0.2, -0.15) is 0 Å². The zero-order valence-electron chi connectivity index (χ0n) is 10.3. The van der Waals surface area contributed by atoms with Gasteiger partial charge in [-0.05, 0) is 54.6 Å². The van der Waals surface area contributed by atoms with Crippen LogP contribution in [0.1, 0.15) is 29.2 Å². The Morgan fingerprint density at radius 2 is 1.89 bits per heavy atom. The SMILES string of the molecule is Cc1cc(F)cc(C)c1C(O)C(O)CCN=[N+]=[N-]. The number of hydrogen-bond acceptors (Lipinski definition) is 3. The van der Waals surface area contributed by atoms with E-state index in [4.69, 9.17) is 5.53 Å². The number of benzene rings is 1. The van der Waals surface area contributed by atoms with E-state index in [1.54, 1.807) is 13.8 Å². The van der Waals surface area contributed by atoms with Crippen molar-refractivity contribution >= 4 is 0 Å². The number of nitrogens with zero attached hydrogens (tertiary/aromatic N) is 3. The van der Waals surface area contributed by atoms with Crippen LogP contribution < -0.4 is 0 Å². The Hall–Kier alpha value is -1.62. The van der Waals surface area contributed by atoms with E-state index in [1.165, 1.54) is 12.1 Å². The molecule has 2 atom stereocenters. The first-order valence-electron chi connectivity index (χ1n) is 5.61. The second-order valence-corrected chi connectivity index (χ2v) is 4.21. The Morgan fingerprint density at radius 3 is 2.39 bits per heavy atom. The third-order valence-corrected chi connectivity index (χ3v) is 2.81. The van der Waals surface area contributed by atoms with Gasteiger partial charge in [0.2, 0.25) is 0 Å². The summed E-state index contributed by atoms with van der Waals surface area (Å²) in [6.07, 6.45) is -2.00. The molecule has 0 saturated heterocycles. The molecule has 0 spiro atoms. The van der Waals surface area contributed by atoms with Crippen LogP contribution in [0.2, 0.25) is 0 Å². The van der Waals surface area contributed by atoms with Gasteiger partial charge in [0.05, 0.1) is 6.10 Å². The van der Waals surface area contributed by atoms with E-state index in [-0.39, 0.29) is 18.8 Å². The molecule has 98 valence electrons. The number of azide groups is 1. The average Bonchev–Trinajstić information content (AvgIpc) is 2.27. The average molecular weight is 253 g/mol. The molecular weight excluding hydrogens is 237 g/mol. The van der Waals surface area contributed by atoms with Crippen molar-refractivity contribution in [3.8, 4) is 0 Å². The van der Waals surface area contributed by atoms with Crippen LogP contribution in [0.25, 0.3) is 10.4 Å². The van der Waals surface area contributed by atoms with Crippen LogP contribution >= 0.6 is 0 Å². The predicted octanol–water partition coefficient (Wildman–Crippen LogP) is 2.54. The Labute approximate surface area is 105 Å². The van der Waals surface area contributed by atoms with E-state index >= 15 is 0 Å². The van der Waals surface area contributed by atoms with Crippen LogP contribution in [-0.4, -0.2) is 22.9 Å². The summed E-state index contributed by atoms with van der Waals surface area (Å²) in [5.74, 6) is -0.371. The first kappa shape index (κ1) is 14.4. The van der Waals surface area contributed by atoms with Crippen molar-refractivity contribution in [2.24, 2.45) is 5.11 Å². The van der Waals surface area contributed by atoms with E-state index in [0.717, 1.165) is 0 Å². The third kappa shape index (κ3) is 3.43. The molecule has 0 fully saturated rings. The molecule has 0 radical (unpaired) electrons. The van der Waals surface area contributed by atoms with Gasteiger partial charge in [-0.25, -0.2) is 4.39 Å². The molecule has 18 heavy (non-hydrogen) atoms. The molecule has 0 aliphatic rings. The Morgan fingerprint density at radius 1 is 1.33 bits per heavy atom. The van der Waals surface area contributed by atoms with Gasteiger partial charge in [-0.15, -0.1) is 0 Å². The van der Waals surface area contributed by atoms with Crippen LogP contribution in [0, 0.1) is 19.7 Å². The highest BCUT2D eigenvalue weighted by atomic mass is 19.1. The quantitative estimate of drug-likeness (QED) is 0.479. The molecule has 2 unspecified atom stereocenters. The number of hydrogen-bond donors (Lipinski definition) is 2. The van der Waals surface area contributed by atoms with Gasteiger partial charge in [-0.1, -0.05) is 5.11 Å². The minimum Gasteiger partial charge on any atom is -0.390 e.